The van der Waals surface area contributed by atoms with Gasteiger partial charge in [-0.25, -0.2) is 0 Å². The molecule has 0 bridgehead atoms. The number of benzene rings is 1. The fourth-order valence-electron chi connectivity index (χ4n) is 3.23. The molecule has 0 saturated heterocycles. The Balaban J connectivity index is 1.69. The lowest BCUT2D eigenvalue weighted by molar-refractivity contribution is 0.0574. The second-order valence-electron chi connectivity index (χ2n) is 6.68. The number of nitrogens with zero attached hydrogens (tertiary/aromatic N) is 1. The monoisotopic (exact) mass is 329 g/mol. The highest BCUT2D eigenvalue weighted by molar-refractivity contribution is 5.81. The Morgan fingerprint density at radius 2 is 2.08 bits per heavy atom. The highest BCUT2D eigenvalue weighted by atomic mass is 16.3. The van der Waals surface area contributed by atoms with Crippen LogP contribution in [0, 0.1) is 0 Å². The molecule has 0 spiro atoms. The quantitative estimate of drug-likeness (QED) is 0.581. The van der Waals surface area contributed by atoms with Crippen LogP contribution in [0.3, 0.4) is 0 Å². The Kier molecular flexibility index (Phi) is 5.09. The van der Waals surface area contributed by atoms with Crippen LogP contribution in [0.1, 0.15) is 51.3 Å². The molecule has 1 fully saturated rings. The summed E-state index contributed by atoms with van der Waals surface area (Å²) in [6, 6.07) is 10.1. The third-order valence-electron chi connectivity index (χ3n) is 4.63. The molecular formula is C19H27N3O2. The number of furan rings is 1. The molecular weight excluding hydrogens is 302 g/mol. The van der Waals surface area contributed by atoms with Crippen molar-refractivity contribution in [2.75, 3.05) is 13.1 Å². The maximum Gasteiger partial charge on any atom is 0.191 e. The van der Waals surface area contributed by atoms with E-state index in [-0.39, 0.29) is 6.04 Å². The minimum atomic E-state index is -0.634. The number of aliphatic hydroxyl groups is 1. The molecule has 1 atom stereocenters. The highest BCUT2D eigenvalue weighted by Gasteiger charge is 2.30. The van der Waals surface area contributed by atoms with Gasteiger partial charge in [0.05, 0.1) is 18.2 Å². The lowest BCUT2D eigenvalue weighted by Gasteiger charge is -2.21. The van der Waals surface area contributed by atoms with Gasteiger partial charge >= 0.3 is 0 Å². The van der Waals surface area contributed by atoms with Crippen LogP contribution in [0.25, 0.3) is 11.0 Å². The number of hydrogen-bond acceptors (Lipinski definition) is 3. The third-order valence-corrected chi connectivity index (χ3v) is 4.63. The first kappa shape index (κ1) is 16.8. The minimum Gasteiger partial charge on any atom is -0.459 e. The molecule has 24 heavy (non-hydrogen) atoms. The second-order valence-corrected chi connectivity index (χ2v) is 6.68. The second kappa shape index (κ2) is 7.26. The summed E-state index contributed by atoms with van der Waals surface area (Å²) in [5.41, 5.74) is 0.258. The van der Waals surface area contributed by atoms with Crippen LogP contribution in [0.2, 0.25) is 0 Å². The molecule has 0 radical (unpaired) electrons. The summed E-state index contributed by atoms with van der Waals surface area (Å²) in [4.78, 5) is 4.59. The predicted molar refractivity (Wildman–Crippen MR) is 97.2 cm³/mol. The van der Waals surface area contributed by atoms with E-state index in [4.69, 9.17) is 4.42 Å². The fraction of sp³-hybridized carbons (Fsp3) is 0.526. The summed E-state index contributed by atoms with van der Waals surface area (Å²) in [5.74, 6) is 1.59. The summed E-state index contributed by atoms with van der Waals surface area (Å²) in [7, 11) is 0. The standard InChI is InChI=1S/C19H27N3O2/c1-3-20-18(21-13-19(23)10-6-7-11-19)22-14(2)17-12-15-8-4-5-9-16(15)24-17/h4-5,8-9,12,14,23H,3,6-7,10-11,13H2,1-2H3,(H2,20,21,22). The third kappa shape index (κ3) is 3.90. The number of para-hydroxylation sites is 1. The Bertz CT molecular complexity index is 668. The fourth-order valence-corrected chi connectivity index (χ4v) is 3.23. The lowest BCUT2D eigenvalue weighted by Crippen LogP contribution is -2.40. The molecule has 0 amide bonds. The number of hydrogen-bond donors (Lipinski definition) is 3. The molecule has 1 aliphatic carbocycles. The van der Waals surface area contributed by atoms with Crippen LogP contribution in [-0.4, -0.2) is 29.8 Å². The van der Waals surface area contributed by atoms with Crippen molar-refractivity contribution in [1.29, 1.82) is 0 Å². The van der Waals surface area contributed by atoms with Crippen molar-refractivity contribution in [3.8, 4) is 0 Å². The number of nitrogens with one attached hydrogen (secondary N) is 2. The van der Waals surface area contributed by atoms with Crippen LogP contribution in [-0.2, 0) is 0 Å². The van der Waals surface area contributed by atoms with E-state index in [0.717, 1.165) is 49.0 Å². The predicted octanol–water partition coefficient (Wildman–Crippen LogP) is 3.35. The molecule has 1 heterocycles. The first-order valence-electron chi connectivity index (χ1n) is 8.85. The number of aliphatic imine (C=N–C) groups is 1. The van der Waals surface area contributed by atoms with E-state index in [1.165, 1.54) is 0 Å². The van der Waals surface area contributed by atoms with E-state index >= 15 is 0 Å². The van der Waals surface area contributed by atoms with Crippen LogP contribution < -0.4 is 10.6 Å². The lowest BCUT2D eigenvalue weighted by atomic mass is 10.0. The molecule has 5 nitrogen and oxygen atoms in total. The van der Waals surface area contributed by atoms with E-state index in [1.807, 2.05) is 31.2 Å². The van der Waals surface area contributed by atoms with Crippen molar-refractivity contribution in [1.82, 2.24) is 10.6 Å². The summed E-state index contributed by atoms with van der Waals surface area (Å²) in [5, 5.41) is 18.2. The van der Waals surface area contributed by atoms with Gasteiger partial charge in [0.15, 0.2) is 5.96 Å². The van der Waals surface area contributed by atoms with Gasteiger partial charge in [-0.15, -0.1) is 0 Å². The highest BCUT2D eigenvalue weighted by Crippen LogP contribution is 2.29. The van der Waals surface area contributed by atoms with Gasteiger partial charge < -0.3 is 20.2 Å². The zero-order valence-corrected chi connectivity index (χ0v) is 14.5. The normalized spacial score (nSPS) is 18.7. The molecule has 5 heteroatoms. The van der Waals surface area contributed by atoms with Crippen molar-refractivity contribution in [3.63, 3.8) is 0 Å². The zero-order valence-electron chi connectivity index (χ0n) is 14.5. The Morgan fingerprint density at radius 1 is 1.33 bits per heavy atom. The Morgan fingerprint density at radius 3 is 2.79 bits per heavy atom. The number of guanidine groups is 1. The summed E-state index contributed by atoms with van der Waals surface area (Å²) in [6.45, 7) is 5.30. The van der Waals surface area contributed by atoms with Crippen molar-refractivity contribution in [2.45, 2.75) is 51.2 Å². The van der Waals surface area contributed by atoms with Gasteiger partial charge in [-0.05, 0) is 38.8 Å². The minimum absolute atomic E-state index is 0.00609. The summed E-state index contributed by atoms with van der Waals surface area (Å²) in [6.07, 6.45) is 3.86. The van der Waals surface area contributed by atoms with Crippen LogP contribution in [0.15, 0.2) is 39.7 Å². The molecule has 3 rings (SSSR count). The largest absolute Gasteiger partial charge is 0.459 e. The molecule has 1 aromatic heterocycles. The van der Waals surface area contributed by atoms with Crippen LogP contribution in [0.5, 0.6) is 0 Å². The van der Waals surface area contributed by atoms with Gasteiger partial charge in [0.1, 0.15) is 11.3 Å². The van der Waals surface area contributed by atoms with Crippen LogP contribution in [0.4, 0.5) is 0 Å². The summed E-state index contributed by atoms with van der Waals surface area (Å²) >= 11 is 0. The van der Waals surface area contributed by atoms with Gasteiger partial charge in [0.2, 0.25) is 0 Å². The average Bonchev–Trinajstić information content (AvgIpc) is 3.19. The molecule has 130 valence electrons. The van der Waals surface area contributed by atoms with Gasteiger partial charge in [-0.1, -0.05) is 31.0 Å². The molecule has 1 saturated carbocycles. The molecule has 1 unspecified atom stereocenters. The van der Waals surface area contributed by atoms with Crippen molar-refractivity contribution in [3.05, 3.63) is 36.1 Å². The summed E-state index contributed by atoms with van der Waals surface area (Å²) < 4.78 is 5.91. The first-order valence-corrected chi connectivity index (χ1v) is 8.85. The number of fused-ring (bicyclic) bond motifs is 1. The van der Waals surface area contributed by atoms with E-state index in [2.05, 4.69) is 28.6 Å². The van der Waals surface area contributed by atoms with E-state index in [0.29, 0.717) is 12.5 Å². The van der Waals surface area contributed by atoms with E-state index in [1.54, 1.807) is 0 Å². The van der Waals surface area contributed by atoms with E-state index < -0.39 is 5.60 Å². The van der Waals surface area contributed by atoms with Crippen LogP contribution >= 0.6 is 0 Å². The maximum absolute atomic E-state index is 10.5. The smallest absolute Gasteiger partial charge is 0.191 e. The molecule has 1 aliphatic rings. The first-order chi connectivity index (χ1) is 11.6. The van der Waals surface area contributed by atoms with Crippen molar-refractivity contribution < 1.29 is 9.52 Å². The Labute approximate surface area is 143 Å². The van der Waals surface area contributed by atoms with Crippen molar-refractivity contribution >= 4 is 16.9 Å². The SMILES string of the molecule is CCNC(=NCC1(O)CCCC1)NC(C)c1cc2ccccc2o1. The number of rotatable bonds is 5. The van der Waals surface area contributed by atoms with Gasteiger partial charge in [-0.2, -0.15) is 0 Å². The topological polar surface area (TPSA) is 69.8 Å². The van der Waals surface area contributed by atoms with Crippen molar-refractivity contribution in [2.24, 2.45) is 4.99 Å². The zero-order chi connectivity index (χ0) is 17.0. The molecule has 2 aromatic rings. The molecule has 0 aliphatic heterocycles. The van der Waals surface area contributed by atoms with E-state index in [9.17, 15) is 5.11 Å². The molecule has 1 aromatic carbocycles. The Hall–Kier alpha value is -2.01. The van der Waals surface area contributed by atoms with Gasteiger partial charge in [0, 0.05) is 11.9 Å². The van der Waals surface area contributed by atoms with Gasteiger partial charge in [0.25, 0.3) is 0 Å². The van der Waals surface area contributed by atoms with Gasteiger partial charge in [-0.3, -0.25) is 4.99 Å². The average molecular weight is 329 g/mol. The molecule has 3 N–H and O–H groups in total. The maximum atomic E-state index is 10.5.